The topological polar surface area (TPSA) is 41.3 Å². The molecule has 0 radical (unpaired) electrons. The van der Waals surface area contributed by atoms with Gasteiger partial charge in [-0.05, 0) is 44.8 Å². The van der Waals surface area contributed by atoms with Gasteiger partial charge < -0.3 is 9.73 Å². The predicted octanol–water partition coefficient (Wildman–Crippen LogP) is 2.72. The first kappa shape index (κ1) is 14.8. The number of nitrogens with zero attached hydrogens (tertiary/aromatic N) is 2. The van der Waals surface area contributed by atoms with Crippen LogP contribution in [0.5, 0.6) is 0 Å². The van der Waals surface area contributed by atoms with Crippen molar-refractivity contribution >= 4 is 0 Å². The molecule has 0 saturated heterocycles. The quantitative estimate of drug-likeness (QED) is 0.842. The highest BCUT2D eigenvalue weighted by Gasteiger charge is 2.09. The first-order valence-electron chi connectivity index (χ1n) is 7.08. The number of hydrogen-bond donors (Lipinski definition) is 1. The fraction of sp³-hybridized carbons (Fsp3) is 0.438. The van der Waals surface area contributed by atoms with Crippen molar-refractivity contribution in [1.82, 2.24) is 15.2 Å². The van der Waals surface area contributed by atoms with E-state index in [1.54, 1.807) is 0 Å². The van der Waals surface area contributed by atoms with Gasteiger partial charge in [0.05, 0.1) is 18.8 Å². The van der Waals surface area contributed by atoms with Gasteiger partial charge in [0, 0.05) is 12.2 Å². The van der Waals surface area contributed by atoms with Crippen LogP contribution in [-0.4, -0.2) is 23.5 Å². The standard InChI is InChI=1S/C16H23N3O/c1-4-19(11-14-7-5-6-13(2)18-14)12-16-9-8-15(20-16)10-17-3/h5-9,17H,4,10-12H2,1-3H3. The second kappa shape index (κ2) is 7.22. The molecule has 0 saturated carbocycles. The van der Waals surface area contributed by atoms with Crippen molar-refractivity contribution in [3.63, 3.8) is 0 Å². The molecule has 4 nitrogen and oxygen atoms in total. The summed E-state index contributed by atoms with van der Waals surface area (Å²) >= 11 is 0. The van der Waals surface area contributed by atoms with E-state index in [0.717, 1.165) is 49.1 Å². The van der Waals surface area contributed by atoms with Crippen molar-refractivity contribution in [2.75, 3.05) is 13.6 Å². The van der Waals surface area contributed by atoms with Gasteiger partial charge in [0.2, 0.25) is 0 Å². The third kappa shape index (κ3) is 4.18. The number of pyridine rings is 1. The van der Waals surface area contributed by atoms with E-state index < -0.39 is 0 Å². The fourth-order valence-corrected chi connectivity index (χ4v) is 2.19. The summed E-state index contributed by atoms with van der Waals surface area (Å²) in [5.74, 6) is 1.98. The summed E-state index contributed by atoms with van der Waals surface area (Å²) in [4.78, 5) is 6.88. The second-order valence-electron chi connectivity index (χ2n) is 4.97. The lowest BCUT2D eigenvalue weighted by Gasteiger charge is -2.18. The highest BCUT2D eigenvalue weighted by molar-refractivity contribution is 5.11. The maximum Gasteiger partial charge on any atom is 0.118 e. The zero-order valence-electron chi connectivity index (χ0n) is 12.5. The minimum Gasteiger partial charge on any atom is -0.463 e. The molecule has 0 amide bonds. The van der Waals surface area contributed by atoms with Gasteiger partial charge in [0.25, 0.3) is 0 Å². The zero-order chi connectivity index (χ0) is 14.4. The maximum atomic E-state index is 5.79. The first-order chi connectivity index (χ1) is 9.71. The third-order valence-corrected chi connectivity index (χ3v) is 3.23. The zero-order valence-corrected chi connectivity index (χ0v) is 12.5. The number of furan rings is 1. The lowest BCUT2D eigenvalue weighted by Crippen LogP contribution is -2.22. The summed E-state index contributed by atoms with van der Waals surface area (Å²) < 4.78 is 5.79. The van der Waals surface area contributed by atoms with Crippen LogP contribution in [0.1, 0.15) is 29.8 Å². The van der Waals surface area contributed by atoms with E-state index in [1.807, 2.05) is 26.1 Å². The summed E-state index contributed by atoms with van der Waals surface area (Å²) in [5.41, 5.74) is 2.17. The molecule has 0 aromatic carbocycles. The van der Waals surface area contributed by atoms with Crippen LogP contribution in [0.3, 0.4) is 0 Å². The van der Waals surface area contributed by atoms with E-state index in [2.05, 4.69) is 40.3 Å². The van der Waals surface area contributed by atoms with Crippen LogP contribution in [0.15, 0.2) is 34.7 Å². The molecule has 0 fully saturated rings. The molecule has 0 aliphatic carbocycles. The lowest BCUT2D eigenvalue weighted by atomic mass is 10.3. The Bertz CT molecular complexity index is 536. The van der Waals surface area contributed by atoms with Crippen molar-refractivity contribution in [1.29, 1.82) is 0 Å². The van der Waals surface area contributed by atoms with Crippen LogP contribution in [0.2, 0.25) is 0 Å². The average molecular weight is 273 g/mol. The summed E-state index contributed by atoms with van der Waals surface area (Å²) in [6.45, 7) is 7.59. The molecule has 108 valence electrons. The minimum atomic E-state index is 0.769. The van der Waals surface area contributed by atoms with E-state index >= 15 is 0 Å². The summed E-state index contributed by atoms with van der Waals surface area (Å²) in [5, 5.41) is 3.09. The predicted molar refractivity (Wildman–Crippen MR) is 80.2 cm³/mol. The molecule has 4 heteroatoms. The van der Waals surface area contributed by atoms with Gasteiger partial charge in [-0.1, -0.05) is 13.0 Å². The van der Waals surface area contributed by atoms with Gasteiger partial charge in [-0.3, -0.25) is 9.88 Å². The lowest BCUT2D eigenvalue weighted by molar-refractivity contribution is 0.242. The largest absolute Gasteiger partial charge is 0.463 e. The molecule has 20 heavy (non-hydrogen) atoms. The Labute approximate surface area is 120 Å². The highest BCUT2D eigenvalue weighted by Crippen LogP contribution is 2.12. The van der Waals surface area contributed by atoms with Gasteiger partial charge in [-0.25, -0.2) is 0 Å². The summed E-state index contributed by atoms with van der Waals surface area (Å²) in [7, 11) is 1.92. The van der Waals surface area contributed by atoms with Crippen LogP contribution in [-0.2, 0) is 19.6 Å². The molecular weight excluding hydrogens is 250 g/mol. The Balaban J connectivity index is 1.97. The van der Waals surface area contributed by atoms with Crippen LogP contribution in [0.4, 0.5) is 0 Å². The molecule has 2 rings (SSSR count). The van der Waals surface area contributed by atoms with Crippen LogP contribution < -0.4 is 5.32 Å². The Morgan fingerprint density at radius 2 is 1.95 bits per heavy atom. The molecule has 0 unspecified atom stereocenters. The van der Waals surface area contributed by atoms with E-state index in [4.69, 9.17) is 4.42 Å². The maximum absolute atomic E-state index is 5.79. The monoisotopic (exact) mass is 273 g/mol. The van der Waals surface area contributed by atoms with Gasteiger partial charge in [-0.2, -0.15) is 0 Å². The Hall–Kier alpha value is -1.65. The third-order valence-electron chi connectivity index (χ3n) is 3.23. The van der Waals surface area contributed by atoms with Crippen molar-refractivity contribution < 1.29 is 4.42 Å². The van der Waals surface area contributed by atoms with Crippen LogP contribution in [0, 0.1) is 6.92 Å². The van der Waals surface area contributed by atoms with Gasteiger partial charge in [-0.15, -0.1) is 0 Å². The van der Waals surface area contributed by atoms with E-state index in [9.17, 15) is 0 Å². The molecule has 0 aliphatic rings. The summed E-state index contributed by atoms with van der Waals surface area (Å²) in [6.07, 6.45) is 0. The van der Waals surface area contributed by atoms with Crippen molar-refractivity contribution in [2.45, 2.75) is 33.5 Å². The average Bonchev–Trinajstić information content (AvgIpc) is 2.86. The molecule has 2 aromatic heterocycles. The van der Waals surface area contributed by atoms with E-state index in [0.29, 0.717) is 0 Å². The second-order valence-corrected chi connectivity index (χ2v) is 4.97. The van der Waals surface area contributed by atoms with E-state index in [-0.39, 0.29) is 0 Å². The SMILES string of the molecule is CCN(Cc1cccc(C)n1)Cc1ccc(CNC)o1. The Morgan fingerprint density at radius 1 is 1.15 bits per heavy atom. The van der Waals surface area contributed by atoms with Crippen LogP contribution >= 0.6 is 0 Å². The molecule has 0 aliphatic heterocycles. The van der Waals surface area contributed by atoms with Gasteiger partial charge in [0.1, 0.15) is 11.5 Å². The number of aromatic nitrogens is 1. The number of hydrogen-bond acceptors (Lipinski definition) is 4. The van der Waals surface area contributed by atoms with Crippen molar-refractivity contribution in [2.24, 2.45) is 0 Å². The molecule has 0 atom stereocenters. The highest BCUT2D eigenvalue weighted by atomic mass is 16.3. The number of nitrogens with one attached hydrogen (secondary N) is 1. The fourth-order valence-electron chi connectivity index (χ4n) is 2.19. The first-order valence-corrected chi connectivity index (χ1v) is 7.08. The van der Waals surface area contributed by atoms with E-state index in [1.165, 1.54) is 0 Å². The smallest absolute Gasteiger partial charge is 0.118 e. The molecule has 0 spiro atoms. The number of aryl methyl sites for hydroxylation is 1. The molecule has 2 aromatic rings. The summed E-state index contributed by atoms with van der Waals surface area (Å²) in [6, 6.07) is 10.2. The van der Waals surface area contributed by atoms with Crippen LogP contribution in [0.25, 0.3) is 0 Å². The van der Waals surface area contributed by atoms with Gasteiger partial charge >= 0.3 is 0 Å². The van der Waals surface area contributed by atoms with Gasteiger partial charge in [0.15, 0.2) is 0 Å². The Morgan fingerprint density at radius 3 is 2.65 bits per heavy atom. The minimum absolute atomic E-state index is 0.769. The van der Waals surface area contributed by atoms with Crippen molar-refractivity contribution in [3.8, 4) is 0 Å². The Kier molecular flexibility index (Phi) is 5.32. The molecule has 0 bridgehead atoms. The van der Waals surface area contributed by atoms with Crippen molar-refractivity contribution in [3.05, 3.63) is 53.2 Å². The molecule has 2 heterocycles. The molecular formula is C16H23N3O. The number of rotatable bonds is 7. The normalized spacial score (nSPS) is 11.2. The molecule has 1 N–H and O–H groups in total.